The molecule has 4 atom stereocenters. The van der Waals surface area contributed by atoms with Gasteiger partial charge in [0.05, 0.1) is 29.8 Å². The standard InChI is InChI=1S/C27H29ClN6O12S3/c1-26(2,23(41)42)46-33-15(12-8-47-25(29)31-12)19(38)32-16-21(40)34-9-27(24(43)44,49-22(16)34)48-7-10(6-45-3)30-20(39)17(36)11-4-5-13(35)18(37)14(11)28/h4-5,8,10,16,22,35,37H,6-7,9H2,1-3H3,(H2,29,31)(H,30,39)(H,32,38)(H,41,42)(H,43,44)/b33-15-/t10?,16?,22-,27-/m1/s1. The van der Waals surface area contributed by atoms with Gasteiger partial charge in [-0.25, -0.2) is 14.6 Å². The van der Waals surface area contributed by atoms with Crippen molar-refractivity contribution >= 4 is 92.7 Å². The Labute approximate surface area is 294 Å². The highest BCUT2D eigenvalue weighted by Crippen LogP contribution is 2.52. The Morgan fingerprint density at radius 3 is 2.53 bits per heavy atom. The van der Waals surface area contributed by atoms with E-state index in [2.05, 4.69) is 20.8 Å². The summed E-state index contributed by atoms with van der Waals surface area (Å²) < 4.78 is 3.47. The number of phenolic OH excluding ortho intramolecular Hbond substituents is 2. The predicted molar refractivity (Wildman–Crippen MR) is 177 cm³/mol. The van der Waals surface area contributed by atoms with Crippen molar-refractivity contribution in [3.63, 3.8) is 0 Å². The third kappa shape index (κ3) is 7.80. The van der Waals surface area contributed by atoms with Crippen LogP contribution in [0.2, 0.25) is 5.02 Å². The zero-order valence-electron chi connectivity index (χ0n) is 25.7. The average Bonchev–Trinajstić information content (AvgIpc) is 3.63. The minimum Gasteiger partial charge on any atom is -0.504 e. The number of nitrogens with zero attached hydrogens (tertiary/aromatic N) is 3. The van der Waals surface area contributed by atoms with Crippen molar-refractivity contribution in [2.75, 3.05) is 31.7 Å². The van der Waals surface area contributed by atoms with Crippen LogP contribution in [0.4, 0.5) is 5.13 Å². The average molecular weight is 761 g/mol. The number of methoxy groups -OCH3 is 1. The maximum atomic E-state index is 13.3. The second-order valence-electron chi connectivity index (χ2n) is 11.0. The number of halogens is 1. The molecule has 8 N–H and O–H groups in total. The second kappa shape index (κ2) is 14.7. The molecule has 2 aromatic rings. The number of amides is 3. The lowest BCUT2D eigenvalue weighted by Gasteiger charge is -2.41. The van der Waals surface area contributed by atoms with Crippen LogP contribution in [0.3, 0.4) is 0 Å². The Bertz CT molecular complexity index is 1740. The lowest BCUT2D eigenvalue weighted by molar-refractivity contribution is -0.161. The van der Waals surface area contributed by atoms with Crippen molar-refractivity contribution in [3.05, 3.63) is 33.8 Å². The first kappa shape index (κ1) is 37.5. The number of thiazole rings is 1. The van der Waals surface area contributed by atoms with Crippen LogP contribution >= 0.6 is 46.5 Å². The number of carbonyl (C=O) groups excluding carboxylic acids is 4. The maximum Gasteiger partial charge on any atom is 0.350 e. The number of nitrogen functional groups attached to an aromatic ring is 1. The summed E-state index contributed by atoms with van der Waals surface area (Å²) in [5, 5.41) is 47.7. The highest BCUT2D eigenvalue weighted by atomic mass is 35.5. The summed E-state index contributed by atoms with van der Waals surface area (Å²) in [5.74, 6) is -8.00. The van der Waals surface area contributed by atoms with Crippen LogP contribution in [0.25, 0.3) is 0 Å². The monoisotopic (exact) mass is 760 g/mol. The number of ether oxygens (including phenoxy) is 1. The number of nitrogens with two attached hydrogens (primary N) is 1. The molecule has 4 rings (SSSR count). The zero-order chi connectivity index (χ0) is 36.4. The number of carboxylic acid groups (broad SMARTS) is 2. The number of carboxylic acids is 2. The number of oxime groups is 1. The van der Waals surface area contributed by atoms with Crippen LogP contribution in [-0.4, -0.2) is 125 Å². The molecule has 2 aliphatic heterocycles. The second-order valence-corrected chi connectivity index (χ2v) is 15.2. The van der Waals surface area contributed by atoms with Gasteiger partial charge in [-0.2, -0.15) is 0 Å². The molecular weight excluding hydrogens is 732 g/mol. The van der Waals surface area contributed by atoms with Gasteiger partial charge < -0.3 is 51.3 Å². The van der Waals surface area contributed by atoms with E-state index in [0.717, 1.165) is 47.0 Å². The molecule has 0 radical (unpaired) electrons. The Balaban J connectivity index is 1.46. The van der Waals surface area contributed by atoms with Gasteiger partial charge in [0.2, 0.25) is 11.5 Å². The number of rotatable bonds is 15. The van der Waals surface area contributed by atoms with Gasteiger partial charge in [-0.3, -0.25) is 19.2 Å². The summed E-state index contributed by atoms with van der Waals surface area (Å²) in [5.41, 5.74) is 2.96. The van der Waals surface area contributed by atoms with Crippen LogP contribution in [0.1, 0.15) is 29.9 Å². The van der Waals surface area contributed by atoms with E-state index in [4.69, 9.17) is 26.9 Å². The highest BCUT2D eigenvalue weighted by Gasteiger charge is 2.63. The van der Waals surface area contributed by atoms with Crippen LogP contribution in [-0.2, 0) is 33.5 Å². The van der Waals surface area contributed by atoms with Gasteiger partial charge >= 0.3 is 11.9 Å². The van der Waals surface area contributed by atoms with E-state index in [1.54, 1.807) is 0 Å². The Morgan fingerprint density at radius 2 is 1.94 bits per heavy atom. The number of anilines is 1. The molecule has 1 aromatic carbocycles. The van der Waals surface area contributed by atoms with Crippen LogP contribution in [0.15, 0.2) is 22.7 Å². The van der Waals surface area contributed by atoms with E-state index in [-0.39, 0.29) is 35.3 Å². The fourth-order valence-electron chi connectivity index (χ4n) is 4.35. The molecule has 22 heteroatoms. The number of thioether (sulfide) groups is 2. The Morgan fingerprint density at radius 1 is 1.24 bits per heavy atom. The summed E-state index contributed by atoms with van der Waals surface area (Å²) in [4.78, 5) is 86.3. The molecule has 0 bridgehead atoms. The highest BCUT2D eigenvalue weighted by molar-refractivity contribution is 8.20. The fourth-order valence-corrected chi connectivity index (χ4v) is 8.25. The third-order valence-corrected chi connectivity index (χ3v) is 11.6. The van der Waals surface area contributed by atoms with E-state index in [1.165, 1.54) is 31.2 Å². The number of hydrogen-bond donors (Lipinski definition) is 7. The number of aromatic hydroxyl groups is 2. The first-order valence-corrected chi connectivity index (χ1v) is 17.0. The molecule has 0 spiro atoms. The smallest absolute Gasteiger partial charge is 0.350 e. The van der Waals surface area contributed by atoms with Crippen molar-refractivity contribution in [2.24, 2.45) is 5.16 Å². The topological polar surface area (TPSA) is 280 Å². The molecule has 1 aromatic heterocycles. The van der Waals surface area contributed by atoms with Gasteiger partial charge in [0, 0.05) is 18.2 Å². The predicted octanol–water partition coefficient (Wildman–Crippen LogP) is 0.302. The van der Waals surface area contributed by atoms with E-state index in [0.29, 0.717) is 0 Å². The van der Waals surface area contributed by atoms with Gasteiger partial charge in [-0.15, -0.1) is 34.9 Å². The Hall–Kier alpha value is -4.31. The van der Waals surface area contributed by atoms with Gasteiger partial charge in [-0.1, -0.05) is 16.8 Å². The zero-order valence-corrected chi connectivity index (χ0v) is 28.9. The van der Waals surface area contributed by atoms with E-state index < -0.39 is 84.8 Å². The number of β-lactam (4-membered cyclic amide) rings is 1. The number of benzene rings is 1. The third-order valence-electron chi connectivity index (χ3n) is 7.07. The molecule has 2 saturated heterocycles. The van der Waals surface area contributed by atoms with Crippen molar-refractivity contribution < 1.29 is 58.8 Å². The van der Waals surface area contributed by atoms with Gasteiger partial charge in [0.1, 0.15) is 17.1 Å². The lowest BCUT2D eigenvalue weighted by Crippen LogP contribution is -2.68. The molecule has 2 fully saturated rings. The number of fused-ring (bicyclic) bond motifs is 1. The molecule has 264 valence electrons. The minimum atomic E-state index is -1.83. The number of Topliss-reactive ketones (excluding diaryl/α,β-unsaturated/α-hetero) is 1. The quantitative estimate of drug-likeness (QED) is 0.0321. The summed E-state index contributed by atoms with van der Waals surface area (Å²) in [6.07, 6.45) is 0. The summed E-state index contributed by atoms with van der Waals surface area (Å²) in [7, 11) is 1.32. The first-order valence-electron chi connectivity index (χ1n) is 13.8. The summed E-state index contributed by atoms with van der Waals surface area (Å²) in [6.45, 7) is 1.98. The summed E-state index contributed by atoms with van der Waals surface area (Å²) in [6, 6.07) is -0.0805. The van der Waals surface area contributed by atoms with Crippen molar-refractivity contribution in [1.29, 1.82) is 0 Å². The van der Waals surface area contributed by atoms with Crippen molar-refractivity contribution in [3.8, 4) is 11.5 Å². The molecule has 18 nitrogen and oxygen atoms in total. The number of carbonyl (C=O) groups is 6. The molecular formula is C27H29ClN6O12S3. The SMILES string of the molecule is COCC(CS[C@]1(C(=O)O)CN2C(=O)C(NC(=O)/C(=N\OC(C)(C)C(=O)O)c3csc(N)n3)[C@H]2S1)NC(=O)C(=O)c1ccc(O)c(O)c1Cl. The van der Waals surface area contributed by atoms with E-state index >= 15 is 0 Å². The molecule has 3 heterocycles. The number of nitrogens with one attached hydrogen (secondary N) is 2. The number of hydrogen-bond acceptors (Lipinski definition) is 16. The molecule has 2 unspecified atom stereocenters. The summed E-state index contributed by atoms with van der Waals surface area (Å²) >= 11 is 8.62. The number of ketones is 1. The first-order chi connectivity index (χ1) is 22.9. The fraction of sp³-hybridized carbons (Fsp3) is 0.407. The molecule has 2 aliphatic rings. The number of aromatic nitrogens is 1. The van der Waals surface area contributed by atoms with Crippen molar-refractivity contribution in [1.82, 2.24) is 20.5 Å². The van der Waals surface area contributed by atoms with Crippen LogP contribution in [0.5, 0.6) is 11.5 Å². The van der Waals surface area contributed by atoms with Gasteiger partial charge in [0.25, 0.3) is 17.6 Å². The van der Waals surface area contributed by atoms with Gasteiger partial charge in [0.15, 0.2) is 26.4 Å². The van der Waals surface area contributed by atoms with Crippen molar-refractivity contribution in [2.45, 2.75) is 41.0 Å². The van der Waals surface area contributed by atoms with Crippen LogP contribution < -0.4 is 16.4 Å². The lowest BCUT2D eigenvalue weighted by atomic mass is 10.1. The van der Waals surface area contributed by atoms with E-state index in [9.17, 15) is 49.2 Å². The molecule has 3 amide bonds. The van der Waals surface area contributed by atoms with Crippen LogP contribution in [0, 0.1) is 0 Å². The Kier molecular flexibility index (Phi) is 11.2. The molecule has 0 saturated carbocycles. The molecule has 49 heavy (non-hydrogen) atoms. The van der Waals surface area contributed by atoms with E-state index in [1.807, 2.05) is 0 Å². The minimum absolute atomic E-state index is 0.0477. The number of aliphatic carboxylic acids is 2. The number of phenols is 2. The largest absolute Gasteiger partial charge is 0.504 e. The maximum absolute atomic E-state index is 13.3. The normalized spacial score (nSPS) is 20.9. The van der Waals surface area contributed by atoms with Gasteiger partial charge in [-0.05, 0) is 26.0 Å². The molecule has 0 aliphatic carbocycles.